The molecule has 1 aliphatic rings. The minimum Gasteiger partial charge on any atom is -0.303 e. The molecule has 1 atom stereocenters. The topological polar surface area (TPSA) is 41.1 Å². The van der Waals surface area contributed by atoms with Gasteiger partial charge in [-0.05, 0) is 53.2 Å². The molecule has 0 aliphatic heterocycles. The van der Waals surface area contributed by atoms with Crippen molar-refractivity contribution in [1.82, 2.24) is 10.9 Å². The van der Waals surface area contributed by atoms with Crippen LogP contribution in [0.5, 0.6) is 0 Å². The number of rotatable bonds is 3. The van der Waals surface area contributed by atoms with Crippen molar-refractivity contribution in [2.45, 2.75) is 26.2 Å². The van der Waals surface area contributed by atoms with Gasteiger partial charge < -0.3 is 5.43 Å². The third-order valence-electron chi connectivity index (χ3n) is 3.18. The maximum atomic E-state index is 12.0. The molecular formula is C14H17BrN2O. The minimum atomic E-state index is -0.124. The minimum absolute atomic E-state index is 0.124. The van der Waals surface area contributed by atoms with E-state index in [0.717, 1.165) is 16.6 Å². The van der Waals surface area contributed by atoms with E-state index in [9.17, 15) is 4.79 Å². The van der Waals surface area contributed by atoms with Crippen molar-refractivity contribution in [1.29, 1.82) is 0 Å². The number of amides is 1. The molecule has 4 heteroatoms. The lowest BCUT2D eigenvalue weighted by Gasteiger charge is -2.22. The van der Waals surface area contributed by atoms with E-state index in [1.807, 2.05) is 18.2 Å². The van der Waals surface area contributed by atoms with Gasteiger partial charge in [-0.15, -0.1) is 0 Å². The molecule has 18 heavy (non-hydrogen) atoms. The highest BCUT2D eigenvalue weighted by atomic mass is 79.9. The molecule has 1 amide bonds. The van der Waals surface area contributed by atoms with Crippen LogP contribution in [0.2, 0.25) is 0 Å². The van der Waals surface area contributed by atoms with Gasteiger partial charge in [-0.2, -0.15) is 0 Å². The number of hydrogen-bond donors (Lipinski definition) is 2. The molecule has 0 saturated heterocycles. The second kappa shape index (κ2) is 6.05. The molecule has 2 N–H and O–H groups in total. The summed E-state index contributed by atoms with van der Waals surface area (Å²) in [7, 11) is 0. The SMILES string of the molecule is CC1CCCC=C1NNC(=O)c1ccccc1Br. The normalized spacial score (nSPS) is 19.0. The van der Waals surface area contributed by atoms with Crippen molar-refractivity contribution in [2.24, 2.45) is 5.92 Å². The molecule has 1 aromatic rings. The van der Waals surface area contributed by atoms with Crippen molar-refractivity contribution in [3.8, 4) is 0 Å². The van der Waals surface area contributed by atoms with E-state index >= 15 is 0 Å². The highest BCUT2D eigenvalue weighted by Crippen LogP contribution is 2.21. The van der Waals surface area contributed by atoms with Crippen molar-refractivity contribution >= 4 is 21.8 Å². The van der Waals surface area contributed by atoms with Crippen molar-refractivity contribution in [2.75, 3.05) is 0 Å². The van der Waals surface area contributed by atoms with Crippen molar-refractivity contribution in [3.63, 3.8) is 0 Å². The molecule has 0 spiro atoms. The Labute approximate surface area is 116 Å². The first kappa shape index (κ1) is 13.1. The van der Waals surface area contributed by atoms with Crippen LogP contribution >= 0.6 is 15.9 Å². The van der Waals surface area contributed by atoms with E-state index in [4.69, 9.17) is 0 Å². The maximum Gasteiger partial charge on any atom is 0.270 e. The number of allylic oxidation sites excluding steroid dienone is 2. The molecule has 1 aliphatic carbocycles. The van der Waals surface area contributed by atoms with E-state index in [2.05, 4.69) is 39.8 Å². The van der Waals surface area contributed by atoms with Crippen LogP contribution < -0.4 is 10.9 Å². The summed E-state index contributed by atoms with van der Waals surface area (Å²) in [5.41, 5.74) is 7.54. The van der Waals surface area contributed by atoms with Gasteiger partial charge in [-0.3, -0.25) is 10.2 Å². The summed E-state index contributed by atoms with van der Waals surface area (Å²) < 4.78 is 0.801. The molecule has 0 saturated carbocycles. The molecule has 0 aromatic heterocycles. The van der Waals surface area contributed by atoms with E-state index in [1.54, 1.807) is 6.07 Å². The van der Waals surface area contributed by atoms with Gasteiger partial charge in [0, 0.05) is 10.2 Å². The highest BCUT2D eigenvalue weighted by molar-refractivity contribution is 9.10. The Hall–Kier alpha value is -1.29. The Kier molecular flexibility index (Phi) is 4.42. The van der Waals surface area contributed by atoms with Crippen molar-refractivity contribution in [3.05, 3.63) is 46.1 Å². The summed E-state index contributed by atoms with van der Waals surface area (Å²) in [6.07, 6.45) is 5.64. The molecule has 0 heterocycles. The van der Waals surface area contributed by atoms with Crippen LogP contribution in [0, 0.1) is 5.92 Å². The first-order chi connectivity index (χ1) is 8.68. The fraction of sp³-hybridized carbons (Fsp3) is 0.357. The van der Waals surface area contributed by atoms with Crippen LogP contribution in [-0.2, 0) is 0 Å². The van der Waals surface area contributed by atoms with Crippen LogP contribution in [0.3, 0.4) is 0 Å². The predicted octanol–water partition coefficient (Wildman–Crippen LogP) is 3.39. The van der Waals surface area contributed by atoms with Crippen LogP contribution in [0.1, 0.15) is 36.5 Å². The lowest BCUT2D eigenvalue weighted by Crippen LogP contribution is -2.39. The van der Waals surface area contributed by atoms with Crippen LogP contribution in [0.15, 0.2) is 40.5 Å². The lowest BCUT2D eigenvalue weighted by molar-refractivity contribution is 0.0936. The Morgan fingerprint density at radius 2 is 2.17 bits per heavy atom. The Morgan fingerprint density at radius 3 is 2.89 bits per heavy atom. The molecule has 2 rings (SSSR count). The van der Waals surface area contributed by atoms with E-state index in [0.29, 0.717) is 11.5 Å². The number of halogens is 1. The van der Waals surface area contributed by atoms with Crippen molar-refractivity contribution < 1.29 is 4.79 Å². The molecule has 1 unspecified atom stereocenters. The molecule has 0 fully saturated rings. The van der Waals surface area contributed by atoms with Gasteiger partial charge in [0.15, 0.2) is 0 Å². The zero-order valence-corrected chi connectivity index (χ0v) is 12.0. The number of benzene rings is 1. The van der Waals surface area contributed by atoms with Crippen LogP contribution in [0.4, 0.5) is 0 Å². The monoisotopic (exact) mass is 308 g/mol. The molecule has 0 radical (unpaired) electrons. The first-order valence-corrected chi connectivity index (χ1v) is 6.98. The molecule has 1 aromatic carbocycles. The van der Waals surface area contributed by atoms with Crippen LogP contribution in [0.25, 0.3) is 0 Å². The van der Waals surface area contributed by atoms with Gasteiger partial charge in [0.05, 0.1) is 5.56 Å². The average Bonchev–Trinajstić information content (AvgIpc) is 2.38. The largest absolute Gasteiger partial charge is 0.303 e. The predicted molar refractivity (Wildman–Crippen MR) is 75.8 cm³/mol. The summed E-state index contributed by atoms with van der Waals surface area (Å²) in [6.45, 7) is 2.17. The van der Waals surface area contributed by atoms with Gasteiger partial charge in [-0.25, -0.2) is 0 Å². The summed E-state index contributed by atoms with van der Waals surface area (Å²) in [6, 6.07) is 7.39. The second-order valence-electron chi connectivity index (χ2n) is 4.55. The second-order valence-corrected chi connectivity index (χ2v) is 5.40. The zero-order valence-electron chi connectivity index (χ0n) is 10.4. The Morgan fingerprint density at radius 1 is 1.39 bits per heavy atom. The van der Waals surface area contributed by atoms with Gasteiger partial charge in [0.2, 0.25) is 0 Å². The molecule has 0 bridgehead atoms. The van der Waals surface area contributed by atoms with E-state index in [-0.39, 0.29) is 5.91 Å². The highest BCUT2D eigenvalue weighted by Gasteiger charge is 2.14. The average molecular weight is 309 g/mol. The quantitative estimate of drug-likeness (QED) is 0.840. The summed E-state index contributed by atoms with van der Waals surface area (Å²) in [5, 5.41) is 0. The zero-order chi connectivity index (χ0) is 13.0. The number of hydrazine groups is 1. The van der Waals surface area contributed by atoms with Gasteiger partial charge in [0.1, 0.15) is 0 Å². The Balaban J connectivity index is 1.97. The molecular weight excluding hydrogens is 292 g/mol. The fourth-order valence-electron chi connectivity index (χ4n) is 2.05. The van der Waals surface area contributed by atoms with Gasteiger partial charge in [-0.1, -0.05) is 25.1 Å². The number of carbonyl (C=O) groups excluding carboxylic acids is 1. The third-order valence-corrected chi connectivity index (χ3v) is 3.87. The van der Waals surface area contributed by atoms with E-state index < -0.39 is 0 Å². The maximum absolute atomic E-state index is 12.0. The fourth-order valence-corrected chi connectivity index (χ4v) is 2.52. The van der Waals surface area contributed by atoms with Gasteiger partial charge in [0.25, 0.3) is 5.91 Å². The smallest absolute Gasteiger partial charge is 0.270 e. The van der Waals surface area contributed by atoms with Gasteiger partial charge >= 0.3 is 0 Å². The van der Waals surface area contributed by atoms with Crippen LogP contribution in [-0.4, -0.2) is 5.91 Å². The van der Waals surface area contributed by atoms with E-state index in [1.165, 1.54) is 12.8 Å². The summed E-state index contributed by atoms with van der Waals surface area (Å²) >= 11 is 3.37. The Bertz CT molecular complexity index is 471. The summed E-state index contributed by atoms with van der Waals surface area (Å²) in [5.74, 6) is 0.361. The lowest BCUT2D eigenvalue weighted by atomic mass is 9.94. The standard InChI is InChI=1S/C14H17BrN2O/c1-10-6-2-5-9-13(10)16-17-14(18)11-7-3-4-8-12(11)15/h3-4,7-10,16H,2,5-6H2,1H3,(H,17,18). The molecule has 3 nitrogen and oxygen atoms in total. The number of carbonyl (C=O) groups is 1. The number of nitrogens with one attached hydrogen (secondary N) is 2. The first-order valence-electron chi connectivity index (χ1n) is 6.19. The number of hydrogen-bond acceptors (Lipinski definition) is 2. The third kappa shape index (κ3) is 3.13. The summed E-state index contributed by atoms with van der Waals surface area (Å²) in [4.78, 5) is 12.0. The molecule has 96 valence electrons.